The summed E-state index contributed by atoms with van der Waals surface area (Å²) in [5.74, 6) is 2.20. The van der Waals surface area contributed by atoms with Gasteiger partial charge in [-0.1, -0.05) is 29.8 Å². The van der Waals surface area contributed by atoms with Crippen molar-refractivity contribution in [3.05, 3.63) is 88.7 Å². The quantitative estimate of drug-likeness (QED) is 0.377. The molecule has 3 aromatic carbocycles. The zero-order valence-corrected chi connectivity index (χ0v) is 19.4. The van der Waals surface area contributed by atoms with E-state index in [0.29, 0.717) is 37.4 Å². The van der Waals surface area contributed by atoms with E-state index in [-0.39, 0.29) is 5.91 Å². The smallest absolute Gasteiger partial charge is 0.251 e. The molecule has 0 bridgehead atoms. The Morgan fingerprint density at radius 3 is 2.73 bits per heavy atom. The van der Waals surface area contributed by atoms with Gasteiger partial charge in [0, 0.05) is 23.6 Å². The SMILES string of the molecule is COc1cccc(C(=O)NCCc2nc3ccccc3n2CCOc2ccc(Cl)c(C)c2)c1. The molecule has 0 spiro atoms. The van der Waals surface area contributed by atoms with Gasteiger partial charge in [0.05, 0.1) is 24.7 Å². The molecule has 0 aliphatic carbocycles. The molecule has 1 aromatic heterocycles. The van der Waals surface area contributed by atoms with Crippen LogP contribution in [0.4, 0.5) is 0 Å². The zero-order valence-electron chi connectivity index (χ0n) is 18.7. The minimum Gasteiger partial charge on any atom is -0.497 e. The summed E-state index contributed by atoms with van der Waals surface area (Å²) in [6.45, 7) is 3.55. The van der Waals surface area contributed by atoms with Crippen LogP contribution in [0.3, 0.4) is 0 Å². The van der Waals surface area contributed by atoms with E-state index in [1.165, 1.54) is 0 Å². The van der Waals surface area contributed by atoms with Crippen molar-refractivity contribution in [3.8, 4) is 11.5 Å². The Kier molecular flexibility index (Phi) is 7.15. The molecular formula is C26H26ClN3O3. The highest BCUT2D eigenvalue weighted by molar-refractivity contribution is 6.31. The number of imidazole rings is 1. The van der Waals surface area contributed by atoms with Crippen LogP contribution in [0, 0.1) is 6.92 Å². The number of para-hydroxylation sites is 2. The number of nitrogens with one attached hydrogen (secondary N) is 1. The maximum absolute atomic E-state index is 12.5. The molecule has 0 aliphatic heterocycles. The van der Waals surface area contributed by atoms with Gasteiger partial charge in [-0.2, -0.15) is 0 Å². The average Bonchev–Trinajstić information content (AvgIpc) is 3.18. The predicted octanol–water partition coefficient (Wildman–Crippen LogP) is 5.06. The van der Waals surface area contributed by atoms with Gasteiger partial charge in [-0.05, 0) is 61.0 Å². The van der Waals surface area contributed by atoms with Gasteiger partial charge in [-0.15, -0.1) is 0 Å². The first-order valence-electron chi connectivity index (χ1n) is 10.8. The van der Waals surface area contributed by atoms with Gasteiger partial charge in [0.25, 0.3) is 5.91 Å². The maximum Gasteiger partial charge on any atom is 0.251 e. The molecule has 33 heavy (non-hydrogen) atoms. The minimum atomic E-state index is -0.141. The number of rotatable bonds is 9. The van der Waals surface area contributed by atoms with Gasteiger partial charge in [-0.25, -0.2) is 4.98 Å². The Bertz CT molecular complexity index is 1270. The van der Waals surface area contributed by atoms with E-state index in [1.54, 1.807) is 25.3 Å². The van der Waals surface area contributed by atoms with Crippen molar-refractivity contribution in [1.29, 1.82) is 0 Å². The first-order chi connectivity index (χ1) is 16.0. The Morgan fingerprint density at radius 1 is 1.06 bits per heavy atom. The second kappa shape index (κ2) is 10.4. The van der Waals surface area contributed by atoms with Gasteiger partial charge in [0.15, 0.2) is 0 Å². The normalized spacial score (nSPS) is 10.9. The highest BCUT2D eigenvalue weighted by Gasteiger charge is 2.12. The lowest BCUT2D eigenvalue weighted by atomic mass is 10.2. The van der Waals surface area contributed by atoms with Gasteiger partial charge >= 0.3 is 0 Å². The number of halogens is 1. The first-order valence-corrected chi connectivity index (χ1v) is 11.2. The van der Waals surface area contributed by atoms with E-state index in [0.717, 1.165) is 33.2 Å². The molecule has 0 saturated carbocycles. The van der Waals surface area contributed by atoms with Crippen LogP contribution < -0.4 is 14.8 Å². The number of methoxy groups -OCH3 is 1. The summed E-state index contributed by atoms with van der Waals surface area (Å²) in [4.78, 5) is 17.3. The Balaban J connectivity index is 1.42. The van der Waals surface area contributed by atoms with Gasteiger partial charge in [-0.3, -0.25) is 4.79 Å². The number of hydrogen-bond acceptors (Lipinski definition) is 4. The number of aromatic nitrogens is 2. The average molecular weight is 464 g/mol. The van der Waals surface area contributed by atoms with Gasteiger partial charge < -0.3 is 19.4 Å². The standard InChI is InChI=1S/C26H26ClN3O3/c1-18-16-21(10-11-22(18)27)33-15-14-30-24-9-4-3-8-23(24)29-25(30)12-13-28-26(31)19-6-5-7-20(17-19)32-2/h3-11,16-17H,12-15H2,1-2H3,(H,28,31). The third-order valence-corrected chi connectivity index (χ3v) is 5.84. The Morgan fingerprint density at radius 2 is 1.91 bits per heavy atom. The third-order valence-electron chi connectivity index (χ3n) is 5.41. The van der Waals surface area contributed by atoms with E-state index in [2.05, 4.69) is 9.88 Å². The van der Waals surface area contributed by atoms with Crippen molar-refractivity contribution in [2.75, 3.05) is 20.3 Å². The molecule has 0 fully saturated rings. The van der Waals surface area contributed by atoms with Crippen LogP contribution in [0.15, 0.2) is 66.7 Å². The number of carbonyl (C=O) groups is 1. The van der Waals surface area contributed by atoms with E-state index < -0.39 is 0 Å². The lowest BCUT2D eigenvalue weighted by molar-refractivity contribution is 0.0953. The fraction of sp³-hybridized carbons (Fsp3) is 0.231. The molecule has 0 unspecified atom stereocenters. The summed E-state index contributed by atoms with van der Waals surface area (Å²) in [6, 6.07) is 20.8. The zero-order chi connectivity index (χ0) is 23.2. The highest BCUT2D eigenvalue weighted by atomic mass is 35.5. The van der Waals surface area contributed by atoms with Crippen molar-refractivity contribution < 1.29 is 14.3 Å². The summed E-state index contributed by atoms with van der Waals surface area (Å²) < 4.78 is 13.3. The molecule has 0 aliphatic rings. The van der Waals surface area contributed by atoms with E-state index >= 15 is 0 Å². The van der Waals surface area contributed by atoms with Crippen molar-refractivity contribution >= 4 is 28.5 Å². The molecule has 4 rings (SSSR count). The number of fused-ring (bicyclic) bond motifs is 1. The number of carbonyl (C=O) groups excluding carboxylic acids is 1. The van der Waals surface area contributed by atoms with Gasteiger partial charge in [0.2, 0.25) is 0 Å². The van der Waals surface area contributed by atoms with Crippen molar-refractivity contribution in [2.45, 2.75) is 19.9 Å². The van der Waals surface area contributed by atoms with E-state index in [4.69, 9.17) is 26.1 Å². The van der Waals surface area contributed by atoms with Crippen LogP contribution in [0.2, 0.25) is 5.02 Å². The Labute approximate surface area is 198 Å². The molecule has 1 N–H and O–H groups in total. The molecule has 6 nitrogen and oxygen atoms in total. The second-order valence-electron chi connectivity index (χ2n) is 7.67. The monoisotopic (exact) mass is 463 g/mol. The highest BCUT2D eigenvalue weighted by Crippen LogP contribution is 2.22. The summed E-state index contributed by atoms with van der Waals surface area (Å²) in [5, 5.41) is 3.70. The molecule has 4 aromatic rings. The van der Waals surface area contributed by atoms with Gasteiger partial charge in [0.1, 0.15) is 23.9 Å². The molecule has 0 saturated heterocycles. The Hall–Kier alpha value is -3.51. The number of hydrogen-bond donors (Lipinski definition) is 1. The number of benzene rings is 3. The fourth-order valence-corrected chi connectivity index (χ4v) is 3.80. The largest absolute Gasteiger partial charge is 0.497 e. The van der Waals surface area contributed by atoms with Crippen LogP contribution in [0.5, 0.6) is 11.5 Å². The summed E-state index contributed by atoms with van der Waals surface area (Å²) in [7, 11) is 1.58. The lowest BCUT2D eigenvalue weighted by Gasteiger charge is -2.12. The molecule has 7 heteroatoms. The lowest BCUT2D eigenvalue weighted by Crippen LogP contribution is -2.26. The van der Waals surface area contributed by atoms with Crippen LogP contribution >= 0.6 is 11.6 Å². The summed E-state index contributed by atoms with van der Waals surface area (Å²) >= 11 is 6.10. The molecule has 0 radical (unpaired) electrons. The number of nitrogens with zero attached hydrogens (tertiary/aromatic N) is 2. The van der Waals surface area contributed by atoms with Crippen LogP contribution in [-0.2, 0) is 13.0 Å². The predicted molar refractivity (Wildman–Crippen MR) is 130 cm³/mol. The molecule has 1 amide bonds. The summed E-state index contributed by atoms with van der Waals surface area (Å²) in [5.41, 5.74) is 3.51. The van der Waals surface area contributed by atoms with Crippen molar-refractivity contribution in [1.82, 2.24) is 14.9 Å². The summed E-state index contributed by atoms with van der Waals surface area (Å²) in [6.07, 6.45) is 0.602. The van der Waals surface area contributed by atoms with Crippen LogP contribution in [0.25, 0.3) is 11.0 Å². The van der Waals surface area contributed by atoms with Crippen LogP contribution in [-0.4, -0.2) is 35.7 Å². The van der Waals surface area contributed by atoms with Crippen molar-refractivity contribution in [3.63, 3.8) is 0 Å². The van der Waals surface area contributed by atoms with E-state index in [9.17, 15) is 4.79 Å². The topological polar surface area (TPSA) is 65.4 Å². The van der Waals surface area contributed by atoms with Crippen molar-refractivity contribution in [2.24, 2.45) is 0 Å². The third kappa shape index (κ3) is 5.46. The first kappa shape index (κ1) is 22.7. The number of ether oxygens (including phenoxy) is 2. The molecular weight excluding hydrogens is 438 g/mol. The molecule has 1 heterocycles. The molecule has 0 atom stereocenters. The second-order valence-corrected chi connectivity index (χ2v) is 8.07. The number of aryl methyl sites for hydroxylation is 1. The maximum atomic E-state index is 12.5. The minimum absolute atomic E-state index is 0.141. The fourth-order valence-electron chi connectivity index (χ4n) is 3.68. The molecule has 170 valence electrons. The number of amides is 1. The van der Waals surface area contributed by atoms with Crippen LogP contribution in [0.1, 0.15) is 21.7 Å². The van der Waals surface area contributed by atoms with E-state index in [1.807, 2.05) is 55.5 Å².